The Hall–Kier alpha value is -2.07. The first-order chi connectivity index (χ1) is 10.3. The molecule has 1 atom stereocenters. The SMILES string of the molecule is CC1CN(c2ccc(OCc3ccccc3)cn2)CCN1. The summed E-state index contributed by atoms with van der Waals surface area (Å²) in [4.78, 5) is 6.83. The van der Waals surface area contributed by atoms with Gasteiger partial charge in [0.05, 0.1) is 6.20 Å². The van der Waals surface area contributed by atoms with Gasteiger partial charge in [0.1, 0.15) is 18.2 Å². The van der Waals surface area contributed by atoms with Crippen molar-refractivity contribution >= 4 is 5.82 Å². The van der Waals surface area contributed by atoms with E-state index in [2.05, 4.69) is 34.3 Å². The third kappa shape index (κ3) is 3.73. The predicted octanol–water partition coefficient (Wildman–Crippen LogP) is 2.46. The van der Waals surface area contributed by atoms with Gasteiger partial charge in [-0.25, -0.2) is 4.98 Å². The molecule has 1 N–H and O–H groups in total. The van der Waals surface area contributed by atoms with Crippen LogP contribution in [0.4, 0.5) is 5.82 Å². The highest BCUT2D eigenvalue weighted by Crippen LogP contribution is 2.18. The van der Waals surface area contributed by atoms with Gasteiger partial charge in [-0.15, -0.1) is 0 Å². The maximum atomic E-state index is 5.76. The van der Waals surface area contributed by atoms with Crippen molar-refractivity contribution in [2.24, 2.45) is 0 Å². The number of nitrogens with zero attached hydrogens (tertiary/aromatic N) is 2. The fraction of sp³-hybridized carbons (Fsp3) is 0.353. The number of rotatable bonds is 4. The maximum Gasteiger partial charge on any atom is 0.138 e. The molecule has 3 rings (SSSR count). The second kappa shape index (κ2) is 6.59. The molecule has 0 amide bonds. The van der Waals surface area contributed by atoms with E-state index in [9.17, 15) is 0 Å². The summed E-state index contributed by atoms with van der Waals surface area (Å²) in [6.45, 7) is 5.78. The van der Waals surface area contributed by atoms with Crippen LogP contribution in [0, 0.1) is 0 Å². The van der Waals surface area contributed by atoms with Gasteiger partial charge in [0.2, 0.25) is 0 Å². The Kier molecular flexibility index (Phi) is 4.36. The van der Waals surface area contributed by atoms with Crippen LogP contribution in [0.3, 0.4) is 0 Å². The van der Waals surface area contributed by atoms with E-state index in [1.807, 2.05) is 36.5 Å². The van der Waals surface area contributed by atoms with Crippen molar-refractivity contribution < 1.29 is 4.74 Å². The van der Waals surface area contributed by atoms with Crippen LogP contribution < -0.4 is 15.0 Å². The van der Waals surface area contributed by atoms with Crippen molar-refractivity contribution in [1.82, 2.24) is 10.3 Å². The third-order valence-corrected chi connectivity index (χ3v) is 3.66. The molecule has 1 aliphatic rings. The third-order valence-electron chi connectivity index (χ3n) is 3.66. The Labute approximate surface area is 125 Å². The largest absolute Gasteiger partial charge is 0.487 e. The zero-order valence-corrected chi connectivity index (χ0v) is 12.3. The van der Waals surface area contributed by atoms with Crippen molar-refractivity contribution in [2.75, 3.05) is 24.5 Å². The lowest BCUT2D eigenvalue weighted by molar-refractivity contribution is 0.305. The molecule has 1 saturated heterocycles. The summed E-state index contributed by atoms with van der Waals surface area (Å²) >= 11 is 0. The number of ether oxygens (including phenoxy) is 1. The molecular weight excluding hydrogens is 262 g/mol. The minimum Gasteiger partial charge on any atom is -0.487 e. The number of benzene rings is 1. The number of pyridine rings is 1. The smallest absolute Gasteiger partial charge is 0.138 e. The standard InChI is InChI=1S/C17H21N3O/c1-14-12-20(10-9-18-14)17-8-7-16(11-19-17)21-13-15-5-3-2-4-6-15/h2-8,11,14,18H,9-10,12-13H2,1H3. The number of piperazine rings is 1. The summed E-state index contributed by atoms with van der Waals surface area (Å²) in [7, 11) is 0. The summed E-state index contributed by atoms with van der Waals surface area (Å²) in [5, 5.41) is 3.44. The summed E-state index contributed by atoms with van der Waals surface area (Å²) < 4.78 is 5.76. The molecule has 110 valence electrons. The summed E-state index contributed by atoms with van der Waals surface area (Å²) in [5.74, 6) is 1.83. The van der Waals surface area contributed by atoms with Crippen LogP contribution in [0.2, 0.25) is 0 Å². The molecule has 0 spiro atoms. The highest BCUT2D eigenvalue weighted by Gasteiger charge is 2.16. The van der Waals surface area contributed by atoms with Gasteiger partial charge in [-0.1, -0.05) is 30.3 Å². The second-order valence-corrected chi connectivity index (χ2v) is 5.43. The monoisotopic (exact) mass is 283 g/mol. The van der Waals surface area contributed by atoms with Gasteiger partial charge in [-0.2, -0.15) is 0 Å². The molecule has 2 aromatic rings. The van der Waals surface area contributed by atoms with E-state index in [0.29, 0.717) is 12.6 Å². The van der Waals surface area contributed by atoms with Gasteiger partial charge in [0.25, 0.3) is 0 Å². The molecule has 1 aromatic carbocycles. The lowest BCUT2D eigenvalue weighted by atomic mass is 10.2. The number of aromatic nitrogens is 1. The topological polar surface area (TPSA) is 37.4 Å². The highest BCUT2D eigenvalue weighted by atomic mass is 16.5. The Morgan fingerprint density at radius 2 is 2.10 bits per heavy atom. The van der Waals surface area contributed by atoms with Gasteiger partial charge >= 0.3 is 0 Å². The minimum atomic E-state index is 0.509. The predicted molar refractivity (Wildman–Crippen MR) is 84.7 cm³/mol. The molecule has 21 heavy (non-hydrogen) atoms. The molecule has 1 unspecified atom stereocenters. The Balaban J connectivity index is 1.59. The number of anilines is 1. The first-order valence-corrected chi connectivity index (χ1v) is 7.42. The van der Waals surface area contributed by atoms with Gasteiger partial charge in [0.15, 0.2) is 0 Å². The average molecular weight is 283 g/mol. The molecule has 4 heteroatoms. The average Bonchev–Trinajstić information content (AvgIpc) is 2.54. The van der Waals surface area contributed by atoms with Crippen LogP contribution in [-0.2, 0) is 6.61 Å². The van der Waals surface area contributed by atoms with Crippen LogP contribution in [0.5, 0.6) is 5.75 Å². The van der Waals surface area contributed by atoms with Crippen LogP contribution in [0.1, 0.15) is 12.5 Å². The Morgan fingerprint density at radius 1 is 1.24 bits per heavy atom. The molecule has 0 radical (unpaired) electrons. The van der Waals surface area contributed by atoms with Gasteiger partial charge < -0.3 is 15.0 Å². The van der Waals surface area contributed by atoms with E-state index in [4.69, 9.17) is 4.74 Å². The molecule has 1 aliphatic heterocycles. The molecule has 0 bridgehead atoms. The zero-order chi connectivity index (χ0) is 14.5. The van der Waals surface area contributed by atoms with E-state index in [1.165, 1.54) is 0 Å². The van der Waals surface area contributed by atoms with Gasteiger partial charge in [-0.05, 0) is 24.6 Å². The van der Waals surface area contributed by atoms with Crippen molar-refractivity contribution in [3.63, 3.8) is 0 Å². The zero-order valence-electron chi connectivity index (χ0n) is 12.3. The summed E-state index contributed by atoms with van der Waals surface area (Å²) in [5.41, 5.74) is 1.16. The molecule has 2 heterocycles. The minimum absolute atomic E-state index is 0.509. The molecular formula is C17H21N3O. The Bertz CT molecular complexity index is 556. The first kappa shape index (κ1) is 13.9. The number of hydrogen-bond donors (Lipinski definition) is 1. The van der Waals surface area contributed by atoms with Crippen molar-refractivity contribution in [2.45, 2.75) is 19.6 Å². The van der Waals surface area contributed by atoms with Crippen molar-refractivity contribution in [1.29, 1.82) is 0 Å². The fourth-order valence-electron chi connectivity index (χ4n) is 2.53. The van der Waals surface area contributed by atoms with E-state index in [-0.39, 0.29) is 0 Å². The van der Waals surface area contributed by atoms with Gasteiger partial charge in [0, 0.05) is 25.7 Å². The van der Waals surface area contributed by atoms with Crippen molar-refractivity contribution in [3.8, 4) is 5.75 Å². The molecule has 0 saturated carbocycles. The fourth-order valence-corrected chi connectivity index (χ4v) is 2.53. The normalized spacial score (nSPS) is 18.5. The summed E-state index contributed by atoms with van der Waals surface area (Å²) in [6.07, 6.45) is 1.81. The van der Waals surface area contributed by atoms with E-state index < -0.39 is 0 Å². The van der Waals surface area contributed by atoms with E-state index >= 15 is 0 Å². The Morgan fingerprint density at radius 3 is 2.81 bits per heavy atom. The molecule has 1 fully saturated rings. The summed E-state index contributed by atoms with van der Waals surface area (Å²) in [6, 6.07) is 14.7. The van der Waals surface area contributed by atoms with Crippen molar-refractivity contribution in [3.05, 3.63) is 54.2 Å². The first-order valence-electron chi connectivity index (χ1n) is 7.42. The van der Waals surface area contributed by atoms with Gasteiger partial charge in [-0.3, -0.25) is 0 Å². The second-order valence-electron chi connectivity index (χ2n) is 5.43. The van der Waals surface area contributed by atoms with E-state index in [1.54, 1.807) is 0 Å². The molecule has 1 aromatic heterocycles. The maximum absolute atomic E-state index is 5.76. The molecule has 0 aliphatic carbocycles. The van der Waals surface area contributed by atoms with Crippen LogP contribution in [0.15, 0.2) is 48.7 Å². The lowest BCUT2D eigenvalue weighted by Crippen LogP contribution is -2.49. The van der Waals surface area contributed by atoms with Crippen LogP contribution >= 0.6 is 0 Å². The highest BCUT2D eigenvalue weighted by molar-refractivity contribution is 5.41. The number of nitrogens with one attached hydrogen (secondary N) is 1. The van der Waals surface area contributed by atoms with E-state index in [0.717, 1.165) is 36.8 Å². The lowest BCUT2D eigenvalue weighted by Gasteiger charge is -2.32. The van der Waals surface area contributed by atoms with Crippen LogP contribution in [-0.4, -0.2) is 30.7 Å². The van der Waals surface area contributed by atoms with Crippen LogP contribution in [0.25, 0.3) is 0 Å². The quantitative estimate of drug-likeness (QED) is 0.935. The molecule has 4 nitrogen and oxygen atoms in total. The number of hydrogen-bond acceptors (Lipinski definition) is 4.